The summed E-state index contributed by atoms with van der Waals surface area (Å²) in [5, 5.41) is 0. The molecule has 1 saturated carbocycles. The number of thiophene rings is 1. The molecule has 21 heavy (non-hydrogen) atoms. The van der Waals surface area contributed by atoms with Gasteiger partial charge in [-0.05, 0) is 65.1 Å². The molecule has 0 spiro atoms. The fourth-order valence-corrected chi connectivity index (χ4v) is 5.18. The Morgan fingerprint density at radius 1 is 1.43 bits per heavy atom. The molecule has 2 nitrogen and oxygen atoms in total. The number of halogens is 1. The van der Waals surface area contributed by atoms with Gasteiger partial charge in [-0.3, -0.25) is 0 Å². The van der Waals surface area contributed by atoms with Crippen LogP contribution in [0.4, 0.5) is 0 Å². The Kier molecular flexibility index (Phi) is 5.91. The molecule has 120 valence electrons. The van der Waals surface area contributed by atoms with Crippen molar-refractivity contribution in [3.05, 3.63) is 20.8 Å². The van der Waals surface area contributed by atoms with Gasteiger partial charge in [0.15, 0.2) is 0 Å². The van der Waals surface area contributed by atoms with Gasteiger partial charge in [0.05, 0.1) is 9.89 Å². The highest BCUT2D eigenvalue weighted by Gasteiger charge is 2.35. The number of hydrogen-bond acceptors (Lipinski definition) is 3. The molecule has 1 aromatic rings. The summed E-state index contributed by atoms with van der Waals surface area (Å²) in [6, 6.07) is 4.30. The first-order valence-electron chi connectivity index (χ1n) is 7.97. The van der Waals surface area contributed by atoms with Crippen molar-refractivity contribution in [1.82, 2.24) is 0 Å². The third-order valence-electron chi connectivity index (χ3n) is 4.42. The van der Waals surface area contributed by atoms with Gasteiger partial charge in [0.2, 0.25) is 0 Å². The van der Waals surface area contributed by atoms with Gasteiger partial charge in [-0.15, -0.1) is 11.3 Å². The van der Waals surface area contributed by atoms with E-state index in [0.29, 0.717) is 11.5 Å². The lowest BCUT2D eigenvalue weighted by Crippen LogP contribution is -2.37. The minimum Gasteiger partial charge on any atom is -0.368 e. The van der Waals surface area contributed by atoms with Crippen LogP contribution in [0.5, 0.6) is 0 Å². The van der Waals surface area contributed by atoms with Crippen molar-refractivity contribution in [3.63, 3.8) is 0 Å². The van der Waals surface area contributed by atoms with Crippen molar-refractivity contribution >= 4 is 27.3 Å². The summed E-state index contributed by atoms with van der Waals surface area (Å²) in [6.45, 7) is 9.19. The molecule has 0 aliphatic heterocycles. The first-order chi connectivity index (χ1) is 9.80. The summed E-state index contributed by atoms with van der Waals surface area (Å²) >= 11 is 5.29. The molecule has 1 aromatic heterocycles. The topological polar surface area (TPSA) is 35.2 Å². The van der Waals surface area contributed by atoms with Crippen LogP contribution < -0.4 is 5.73 Å². The molecule has 4 unspecified atom stereocenters. The first kappa shape index (κ1) is 17.5. The second-order valence-electron chi connectivity index (χ2n) is 7.31. The van der Waals surface area contributed by atoms with E-state index in [2.05, 4.69) is 55.8 Å². The van der Waals surface area contributed by atoms with Crippen LogP contribution in [0.15, 0.2) is 15.9 Å². The van der Waals surface area contributed by atoms with Gasteiger partial charge >= 0.3 is 0 Å². The second kappa shape index (κ2) is 7.12. The van der Waals surface area contributed by atoms with Crippen LogP contribution in [0, 0.1) is 11.3 Å². The van der Waals surface area contributed by atoms with Gasteiger partial charge in [0.25, 0.3) is 0 Å². The maximum absolute atomic E-state index is 6.51. The van der Waals surface area contributed by atoms with Crippen LogP contribution >= 0.6 is 27.3 Å². The fraction of sp³-hybridized carbons (Fsp3) is 0.765. The number of nitrogens with two attached hydrogens (primary N) is 1. The fourth-order valence-electron chi connectivity index (χ4n) is 3.64. The van der Waals surface area contributed by atoms with E-state index in [0.717, 1.165) is 29.0 Å². The summed E-state index contributed by atoms with van der Waals surface area (Å²) < 4.78 is 7.66. The molecule has 4 heteroatoms. The standard InChI is InChI=1S/C17H28BrNOS/c1-5-13(19)16(14-6-7-15(18)21-14)20-12-8-11(2)9-17(3,4)10-12/h6-7,11-13,16H,5,8-10,19H2,1-4H3. The average Bonchev–Trinajstić information content (AvgIpc) is 2.79. The molecule has 0 bridgehead atoms. The predicted octanol–water partition coefficient (Wildman–Crippen LogP) is 5.52. The Morgan fingerprint density at radius 2 is 2.14 bits per heavy atom. The van der Waals surface area contributed by atoms with Crippen LogP contribution in [0.25, 0.3) is 0 Å². The van der Waals surface area contributed by atoms with E-state index >= 15 is 0 Å². The van der Waals surface area contributed by atoms with Crippen molar-refractivity contribution < 1.29 is 4.74 Å². The van der Waals surface area contributed by atoms with E-state index in [1.807, 2.05) is 0 Å². The lowest BCUT2D eigenvalue weighted by Gasteiger charge is -2.40. The third-order valence-corrected chi connectivity index (χ3v) is 6.11. The molecular formula is C17H28BrNOS. The van der Waals surface area contributed by atoms with E-state index in [1.165, 1.54) is 11.3 Å². The first-order valence-corrected chi connectivity index (χ1v) is 9.58. The molecule has 1 aliphatic carbocycles. The lowest BCUT2D eigenvalue weighted by atomic mass is 9.71. The monoisotopic (exact) mass is 373 g/mol. The van der Waals surface area contributed by atoms with E-state index in [9.17, 15) is 0 Å². The summed E-state index contributed by atoms with van der Waals surface area (Å²) in [5.41, 5.74) is 6.72. The smallest absolute Gasteiger partial charge is 0.107 e. The second-order valence-corrected chi connectivity index (χ2v) is 9.80. The van der Waals surface area contributed by atoms with E-state index in [1.54, 1.807) is 11.3 Å². The Hall–Kier alpha value is 0.1000. The molecule has 2 N–H and O–H groups in total. The van der Waals surface area contributed by atoms with Gasteiger partial charge in [-0.25, -0.2) is 0 Å². The maximum atomic E-state index is 6.51. The molecule has 0 radical (unpaired) electrons. The van der Waals surface area contributed by atoms with Crippen molar-refractivity contribution in [2.75, 3.05) is 0 Å². The Labute approximate surface area is 141 Å². The zero-order valence-corrected chi connectivity index (χ0v) is 16.0. The lowest BCUT2D eigenvalue weighted by molar-refractivity contribution is -0.0747. The summed E-state index contributed by atoms with van der Waals surface area (Å²) in [4.78, 5) is 1.24. The Bertz CT molecular complexity index is 459. The summed E-state index contributed by atoms with van der Waals surface area (Å²) in [6.07, 6.45) is 4.87. The Morgan fingerprint density at radius 3 is 2.67 bits per heavy atom. The molecule has 4 atom stereocenters. The maximum Gasteiger partial charge on any atom is 0.107 e. The van der Waals surface area contributed by atoms with E-state index in [4.69, 9.17) is 10.5 Å². The number of rotatable bonds is 5. The highest BCUT2D eigenvalue weighted by atomic mass is 79.9. The van der Waals surface area contributed by atoms with Gasteiger partial charge in [0, 0.05) is 10.9 Å². The molecule has 0 amide bonds. The van der Waals surface area contributed by atoms with Crippen molar-refractivity contribution in [2.24, 2.45) is 17.1 Å². The normalized spacial score (nSPS) is 28.3. The molecular weight excluding hydrogens is 346 g/mol. The quantitative estimate of drug-likeness (QED) is 0.736. The molecule has 0 aromatic carbocycles. The third kappa shape index (κ3) is 4.78. The predicted molar refractivity (Wildman–Crippen MR) is 94.7 cm³/mol. The molecule has 1 aliphatic rings. The molecule has 0 saturated heterocycles. The SMILES string of the molecule is CCC(N)C(OC1CC(C)CC(C)(C)C1)c1ccc(Br)s1. The largest absolute Gasteiger partial charge is 0.368 e. The average molecular weight is 374 g/mol. The minimum absolute atomic E-state index is 0.0254. The number of ether oxygens (including phenoxy) is 1. The summed E-state index contributed by atoms with van der Waals surface area (Å²) in [7, 11) is 0. The molecule has 2 rings (SSSR count). The van der Waals surface area contributed by atoms with Crippen LogP contribution in [0.2, 0.25) is 0 Å². The van der Waals surface area contributed by atoms with Crippen molar-refractivity contribution in [1.29, 1.82) is 0 Å². The minimum atomic E-state index is 0.0254. The van der Waals surface area contributed by atoms with Gasteiger partial charge < -0.3 is 10.5 Å². The van der Waals surface area contributed by atoms with Gasteiger partial charge in [0.1, 0.15) is 6.10 Å². The van der Waals surface area contributed by atoms with E-state index < -0.39 is 0 Å². The van der Waals surface area contributed by atoms with Crippen LogP contribution in [-0.4, -0.2) is 12.1 Å². The zero-order chi connectivity index (χ0) is 15.6. The number of hydrogen-bond donors (Lipinski definition) is 1. The van der Waals surface area contributed by atoms with Crippen LogP contribution in [0.3, 0.4) is 0 Å². The Balaban J connectivity index is 2.11. The highest BCUT2D eigenvalue weighted by molar-refractivity contribution is 9.11. The highest BCUT2D eigenvalue weighted by Crippen LogP contribution is 2.42. The van der Waals surface area contributed by atoms with Crippen molar-refractivity contribution in [2.45, 2.75) is 71.6 Å². The van der Waals surface area contributed by atoms with Crippen LogP contribution in [0.1, 0.15) is 64.4 Å². The molecule has 1 heterocycles. The van der Waals surface area contributed by atoms with Crippen molar-refractivity contribution in [3.8, 4) is 0 Å². The zero-order valence-electron chi connectivity index (χ0n) is 13.6. The summed E-state index contributed by atoms with van der Waals surface area (Å²) in [5.74, 6) is 0.729. The van der Waals surface area contributed by atoms with Crippen LogP contribution in [-0.2, 0) is 4.74 Å². The van der Waals surface area contributed by atoms with E-state index in [-0.39, 0.29) is 12.1 Å². The van der Waals surface area contributed by atoms with Gasteiger partial charge in [-0.1, -0.05) is 27.7 Å². The molecule has 1 fully saturated rings. The van der Waals surface area contributed by atoms with Gasteiger partial charge in [-0.2, -0.15) is 0 Å².